The minimum Gasteiger partial charge on any atom is -0.465 e. The lowest BCUT2D eigenvalue weighted by molar-refractivity contribution is 0.0877. The molecule has 0 spiro atoms. The summed E-state index contributed by atoms with van der Waals surface area (Å²) in [5, 5.41) is 12.4. The summed E-state index contributed by atoms with van der Waals surface area (Å²) in [7, 11) is 0. The number of nitrogens with one attached hydrogen (secondary N) is 1. The topological polar surface area (TPSA) is 92.2 Å². The predicted molar refractivity (Wildman–Crippen MR) is 122 cm³/mol. The lowest BCUT2D eigenvalue weighted by Crippen LogP contribution is -2.25. The summed E-state index contributed by atoms with van der Waals surface area (Å²) in [6.45, 7) is 0.114. The van der Waals surface area contributed by atoms with Crippen molar-refractivity contribution in [3.63, 3.8) is 0 Å². The molecule has 2 aliphatic carbocycles. The molecule has 0 radical (unpaired) electrons. The molecule has 0 saturated heterocycles. The van der Waals surface area contributed by atoms with Gasteiger partial charge in [-0.05, 0) is 79.7 Å². The molecule has 1 aromatic carbocycles. The van der Waals surface area contributed by atoms with Crippen LogP contribution in [-0.4, -0.2) is 27.0 Å². The van der Waals surface area contributed by atoms with Crippen molar-refractivity contribution in [3.8, 4) is 0 Å². The third-order valence-corrected chi connectivity index (χ3v) is 6.85. The third-order valence-electron chi connectivity index (χ3n) is 6.85. The maximum atomic E-state index is 13.5. The van der Waals surface area contributed by atoms with Crippen molar-refractivity contribution in [2.45, 2.75) is 56.9 Å². The highest BCUT2D eigenvalue weighted by Crippen LogP contribution is 2.43. The zero-order valence-corrected chi connectivity index (χ0v) is 18.0. The minimum atomic E-state index is -1.09. The van der Waals surface area contributed by atoms with Gasteiger partial charge in [0.25, 0.3) is 0 Å². The highest BCUT2D eigenvalue weighted by molar-refractivity contribution is 5.97. The zero-order chi connectivity index (χ0) is 22.1. The molecule has 164 valence electrons. The molecule has 0 bridgehead atoms. The van der Waals surface area contributed by atoms with E-state index in [1.54, 1.807) is 0 Å². The Labute approximate surface area is 187 Å². The number of carbonyl (C=O) groups excluding carboxylic acids is 1. The second kappa shape index (κ2) is 8.69. The molecule has 3 aromatic rings. The van der Waals surface area contributed by atoms with E-state index in [9.17, 15) is 9.59 Å². The van der Waals surface area contributed by atoms with E-state index < -0.39 is 6.09 Å². The number of hydrogen-bond donors (Lipinski definition) is 2. The zero-order valence-electron chi connectivity index (χ0n) is 18.0. The molecular weight excluding hydrogens is 402 g/mol. The van der Waals surface area contributed by atoms with E-state index in [4.69, 9.17) is 5.11 Å². The van der Waals surface area contributed by atoms with Crippen molar-refractivity contribution in [2.24, 2.45) is 5.92 Å². The molecule has 2 heterocycles. The number of amides is 1. The van der Waals surface area contributed by atoms with E-state index in [0.717, 1.165) is 55.0 Å². The largest absolute Gasteiger partial charge is 0.465 e. The Hall–Kier alpha value is -3.28. The van der Waals surface area contributed by atoms with Crippen molar-refractivity contribution >= 4 is 22.8 Å². The third kappa shape index (κ3) is 4.35. The van der Waals surface area contributed by atoms with Crippen molar-refractivity contribution < 1.29 is 14.7 Å². The first kappa shape index (κ1) is 20.6. The summed E-state index contributed by atoms with van der Waals surface area (Å²) < 4.78 is 0. The number of nitrogens with zero attached hydrogens (tertiary/aromatic N) is 2. The molecule has 0 unspecified atom stereocenters. The molecule has 6 heteroatoms. The lowest BCUT2D eigenvalue weighted by Gasteiger charge is -2.28. The SMILES string of the molecule is O=C(O)NCc1ccc(C2CC2)c(C(=O)C2CCC(c3ccc4cccnc4c3)CC2)n1. The summed E-state index contributed by atoms with van der Waals surface area (Å²) in [6, 6.07) is 14.4. The minimum absolute atomic E-state index is 0.0162. The first-order valence-electron chi connectivity index (χ1n) is 11.4. The number of carbonyl (C=O) groups is 2. The molecule has 1 amide bonds. The first-order valence-corrected chi connectivity index (χ1v) is 11.4. The predicted octanol–water partition coefficient (Wildman–Crippen LogP) is 5.43. The fourth-order valence-electron chi connectivity index (χ4n) is 4.92. The van der Waals surface area contributed by atoms with Gasteiger partial charge in [-0.3, -0.25) is 9.78 Å². The highest BCUT2D eigenvalue weighted by Gasteiger charge is 2.34. The normalized spacial score (nSPS) is 20.8. The summed E-state index contributed by atoms with van der Waals surface area (Å²) >= 11 is 0. The molecule has 2 aromatic heterocycles. The summed E-state index contributed by atoms with van der Waals surface area (Å²) in [4.78, 5) is 33.4. The molecule has 6 nitrogen and oxygen atoms in total. The van der Waals surface area contributed by atoms with Crippen molar-refractivity contribution in [3.05, 3.63) is 71.2 Å². The Morgan fingerprint density at radius 1 is 0.969 bits per heavy atom. The summed E-state index contributed by atoms with van der Waals surface area (Å²) in [6.07, 6.45) is 6.59. The molecule has 2 aliphatic rings. The van der Waals surface area contributed by atoms with Crippen LogP contribution in [0.4, 0.5) is 4.79 Å². The van der Waals surface area contributed by atoms with Crippen LogP contribution in [0.25, 0.3) is 10.9 Å². The van der Waals surface area contributed by atoms with Crippen LogP contribution >= 0.6 is 0 Å². The number of Topliss-reactive ketones (excluding diaryl/α,β-unsaturated/α-hetero) is 1. The van der Waals surface area contributed by atoms with Gasteiger partial charge in [0.2, 0.25) is 0 Å². The van der Waals surface area contributed by atoms with Crippen LogP contribution in [0.1, 0.15) is 77.7 Å². The second-order valence-electron chi connectivity index (χ2n) is 9.04. The Balaban J connectivity index is 1.30. The van der Waals surface area contributed by atoms with Gasteiger partial charge in [-0.2, -0.15) is 0 Å². The quantitative estimate of drug-likeness (QED) is 0.510. The maximum absolute atomic E-state index is 13.5. The molecule has 0 atom stereocenters. The fraction of sp³-hybridized carbons (Fsp3) is 0.385. The van der Waals surface area contributed by atoms with Gasteiger partial charge in [-0.25, -0.2) is 9.78 Å². The Bertz CT molecular complexity index is 1160. The fourth-order valence-corrected chi connectivity index (χ4v) is 4.92. The molecule has 5 rings (SSSR count). The number of ketones is 1. The Kier molecular flexibility index (Phi) is 5.60. The lowest BCUT2D eigenvalue weighted by atomic mass is 9.76. The monoisotopic (exact) mass is 429 g/mol. The average Bonchev–Trinajstić information content (AvgIpc) is 3.67. The number of benzene rings is 1. The van der Waals surface area contributed by atoms with Crippen LogP contribution in [-0.2, 0) is 6.54 Å². The van der Waals surface area contributed by atoms with E-state index in [2.05, 4.69) is 39.6 Å². The number of pyridine rings is 2. The molecular formula is C26H27N3O3. The summed E-state index contributed by atoms with van der Waals surface area (Å²) in [5.41, 5.74) is 4.53. The number of rotatable bonds is 6. The smallest absolute Gasteiger partial charge is 0.404 e. The number of carboxylic acid groups (broad SMARTS) is 1. The molecule has 32 heavy (non-hydrogen) atoms. The van der Waals surface area contributed by atoms with Crippen molar-refractivity contribution in [2.75, 3.05) is 0 Å². The van der Waals surface area contributed by atoms with Crippen LogP contribution in [0.5, 0.6) is 0 Å². The van der Waals surface area contributed by atoms with Gasteiger partial charge in [0.05, 0.1) is 17.8 Å². The molecule has 2 fully saturated rings. The van der Waals surface area contributed by atoms with E-state index in [-0.39, 0.29) is 18.2 Å². The maximum Gasteiger partial charge on any atom is 0.404 e. The van der Waals surface area contributed by atoms with E-state index in [1.165, 1.54) is 5.56 Å². The van der Waals surface area contributed by atoms with Gasteiger partial charge in [0, 0.05) is 17.5 Å². The van der Waals surface area contributed by atoms with Crippen molar-refractivity contribution in [1.29, 1.82) is 0 Å². The highest BCUT2D eigenvalue weighted by atomic mass is 16.4. The molecule has 0 aliphatic heterocycles. The van der Waals surface area contributed by atoms with Gasteiger partial charge < -0.3 is 10.4 Å². The summed E-state index contributed by atoms with van der Waals surface area (Å²) in [5.74, 6) is 0.983. The van der Waals surface area contributed by atoms with Crippen LogP contribution in [0.3, 0.4) is 0 Å². The standard InChI is InChI=1S/C26H27N3O3/c30-25(24-22(17-5-6-17)12-11-21(29-24)15-28-26(31)32)19-8-3-16(4-9-19)20-10-7-18-2-1-13-27-23(18)14-20/h1-2,7,10-14,16-17,19,28H,3-6,8-9,15H2,(H,31,32). The van der Waals surface area contributed by atoms with Crippen LogP contribution in [0, 0.1) is 5.92 Å². The van der Waals surface area contributed by atoms with Crippen molar-refractivity contribution in [1.82, 2.24) is 15.3 Å². The molecule has 2 saturated carbocycles. The number of hydrogen-bond acceptors (Lipinski definition) is 4. The first-order chi connectivity index (χ1) is 15.6. The Morgan fingerprint density at radius 3 is 2.50 bits per heavy atom. The van der Waals surface area contributed by atoms with Gasteiger partial charge in [0.15, 0.2) is 5.78 Å². The van der Waals surface area contributed by atoms with Gasteiger partial charge in [0.1, 0.15) is 5.69 Å². The van der Waals surface area contributed by atoms with E-state index >= 15 is 0 Å². The van der Waals surface area contributed by atoms with Crippen LogP contribution in [0.15, 0.2) is 48.7 Å². The van der Waals surface area contributed by atoms with E-state index in [1.807, 2.05) is 24.4 Å². The number of fused-ring (bicyclic) bond motifs is 1. The number of aromatic nitrogens is 2. The average molecular weight is 430 g/mol. The van der Waals surface area contributed by atoms with Gasteiger partial charge >= 0.3 is 6.09 Å². The van der Waals surface area contributed by atoms with Crippen LogP contribution in [0.2, 0.25) is 0 Å². The van der Waals surface area contributed by atoms with Gasteiger partial charge in [-0.15, -0.1) is 0 Å². The molecule has 2 N–H and O–H groups in total. The van der Waals surface area contributed by atoms with Gasteiger partial charge in [-0.1, -0.05) is 24.3 Å². The van der Waals surface area contributed by atoms with E-state index in [0.29, 0.717) is 23.2 Å². The van der Waals surface area contributed by atoms with Crippen LogP contribution < -0.4 is 5.32 Å². The Morgan fingerprint density at radius 2 is 1.75 bits per heavy atom. The second-order valence-corrected chi connectivity index (χ2v) is 9.04.